The summed E-state index contributed by atoms with van der Waals surface area (Å²) in [7, 11) is 0. The van der Waals surface area contributed by atoms with E-state index in [1.54, 1.807) is 29.1 Å². The van der Waals surface area contributed by atoms with Crippen molar-refractivity contribution in [3.63, 3.8) is 0 Å². The van der Waals surface area contributed by atoms with Gasteiger partial charge >= 0.3 is 5.91 Å². The predicted molar refractivity (Wildman–Crippen MR) is 84.4 cm³/mol. The van der Waals surface area contributed by atoms with Gasteiger partial charge in [0.2, 0.25) is 0 Å². The van der Waals surface area contributed by atoms with Crippen LogP contribution in [-0.4, -0.2) is 21.9 Å². The van der Waals surface area contributed by atoms with E-state index < -0.39 is 5.91 Å². The van der Waals surface area contributed by atoms with Crippen molar-refractivity contribution in [2.24, 2.45) is 5.10 Å². The molecule has 3 aromatic heterocycles. The van der Waals surface area contributed by atoms with Crippen LogP contribution in [0.2, 0.25) is 4.34 Å². The summed E-state index contributed by atoms with van der Waals surface area (Å²) in [5, 5.41) is 7.94. The first-order valence-corrected chi connectivity index (χ1v) is 7.55. The van der Waals surface area contributed by atoms with E-state index in [9.17, 15) is 4.79 Å². The molecular formula is C14H11ClN4O2S. The number of hydrogen-bond donors (Lipinski definition) is 1. The Morgan fingerprint density at radius 1 is 1.45 bits per heavy atom. The molecule has 0 spiro atoms. The van der Waals surface area contributed by atoms with Gasteiger partial charge in [0.25, 0.3) is 0 Å². The van der Waals surface area contributed by atoms with E-state index >= 15 is 0 Å². The maximum atomic E-state index is 11.9. The lowest BCUT2D eigenvalue weighted by molar-refractivity contribution is 0.0925. The van der Waals surface area contributed by atoms with Crippen molar-refractivity contribution >= 4 is 35.1 Å². The number of thiophene rings is 1. The van der Waals surface area contributed by atoms with Gasteiger partial charge in [-0.15, -0.1) is 11.3 Å². The normalized spacial score (nSPS) is 11.1. The number of amides is 1. The zero-order valence-corrected chi connectivity index (χ0v) is 12.8. The lowest BCUT2D eigenvalue weighted by Crippen LogP contribution is -2.16. The third kappa shape index (κ3) is 3.63. The monoisotopic (exact) mass is 334 g/mol. The van der Waals surface area contributed by atoms with Crippen molar-refractivity contribution in [2.45, 2.75) is 6.54 Å². The molecule has 0 aromatic carbocycles. The number of nitrogens with one attached hydrogen (secondary N) is 1. The van der Waals surface area contributed by atoms with Crippen molar-refractivity contribution in [3.05, 3.63) is 63.5 Å². The summed E-state index contributed by atoms with van der Waals surface area (Å²) in [4.78, 5) is 12.7. The minimum atomic E-state index is -0.411. The second-order valence-electron chi connectivity index (χ2n) is 4.31. The number of furan rings is 1. The fourth-order valence-electron chi connectivity index (χ4n) is 1.75. The Bertz CT molecular complexity index is 791. The number of carbonyl (C=O) groups excluding carboxylic acids is 1. The highest BCUT2D eigenvalue weighted by Crippen LogP contribution is 2.19. The van der Waals surface area contributed by atoms with Crippen molar-refractivity contribution < 1.29 is 9.21 Å². The highest BCUT2D eigenvalue weighted by Gasteiger charge is 2.10. The van der Waals surface area contributed by atoms with Gasteiger partial charge in [0.05, 0.1) is 17.1 Å². The van der Waals surface area contributed by atoms with Gasteiger partial charge in [-0.05, 0) is 30.3 Å². The first-order valence-electron chi connectivity index (χ1n) is 6.35. The summed E-state index contributed by atoms with van der Waals surface area (Å²) in [6.45, 7) is 0.469. The van der Waals surface area contributed by atoms with Crippen molar-refractivity contribution in [1.29, 1.82) is 0 Å². The fraction of sp³-hybridized carbons (Fsp3) is 0.0714. The Labute approximate surface area is 135 Å². The van der Waals surface area contributed by atoms with Gasteiger partial charge in [0, 0.05) is 17.3 Å². The molecule has 3 rings (SSSR count). The van der Waals surface area contributed by atoms with E-state index in [0.29, 0.717) is 16.6 Å². The first-order chi connectivity index (χ1) is 10.7. The average Bonchev–Trinajstić information content (AvgIpc) is 3.22. The molecule has 0 aliphatic rings. The highest BCUT2D eigenvalue weighted by molar-refractivity contribution is 7.17. The van der Waals surface area contributed by atoms with Crippen LogP contribution in [0, 0.1) is 0 Å². The highest BCUT2D eigenvalue weighted by atomic mass is 35.5. The Morgan fingerprint density at radius 3 is 3.09 bits per heavy atom. The third-order valence-corrected chi connectivity index (χ3v) is 3.88. The minimum absolute atomic E-state index is 0.198. The summed E-state index contributed by atoms with van der Waals surface area (Å²) in [6.07, 6.45) is 5.03. The van der Waals surface area contributed by atoms with Gasteiger partial charge < -0.3 is 4.42 Å². The molecule has 1 N–H and O–H groups in total. The molecule has 0 aliphatic heterocycles. The fourth-order valence-corrected chi connectivity index (χ4v) is 2.68. The molecule has 8 heteroatoms. The van der Waals surface area contributed by atoms with Crippen LogP contribution in [0.5, 0.6) is 0 Å². The molecule has 0 radical (unpaired) electrons. The number of carbonyl (C=O) groups is 1. The maximum absolute atomic E-state index is 11.9. The van der Waals surface area contributed by atoms with Crippen LogP contribution in [0.4, 0.5) is 0 Å². The summed E-state index contributed by atoms with van der Waals surface area (Å²) in [5.74, 6) is 0.428. The average molecular weight is 335 g/mol. The van der Waals surface area contributed by atoms with Gasteiger partial charge in [0.1, 0.15) is 5.76 Å². The Balaban J connectivity index is 1.58. The summed E-state index contributed by atoms with van der Waals surface area (Å²) >= 11 is 7.18. The predicted octanol–water partition coefficient (Wildman–Crippen LogP) is 3.00. The molecular weight excluding hydrogens is 324 g/mol. The van der Waals surface area contributed by atoms with Crippen molar-refractivity contribution in [1.82, 2.24) is 15.2 Å². The Hall–Kier alpha value is -2.38. The van der Waals surface area contributed by atoms with Crippen LogP contribution in [0.1, 0.15) is 21.2 Å². The van der Waals surface area contributed by atoms with Crippen molar-refractivity contribution in [3.8, 4) is 0 Å². The molecule has 3 aromatic rings. The van der Waals surface area contributed by atoms with Crippen LogP contribution in [0.15, 0.2) is 52.2 Å². The molecule has 1 amide bonds. The molecule has 0 fully saturated rings. The molecule has 6 nitrogen and oxygen atoms in total. The van der Waals surface area contributed by atoms with E-state index in [1.165, 1.54) is 17.6 Å². The molecule has 112 valence electrons. The van der Waals surface area contributed by atoms with Crippen LogP contribution in [0.3, 0.4) is 0 Å². The zero-order chi connectivity index (χ0) is 15.4. The number of hydrogen-bond acceptors (Lipinski definition) is 5. The van der Waals surface area contributed by atoms with Crippen LogP contribution in [-0.2, 0) is 6.54 Å². The van der Waals surface area contributed by atoms with E-state index in [1.807, 2.05) is 18.3 Å². The van der Waals surface area contributed by atoms with Gasteiger partial charge in [-0.3, -0.25) is 9.48 Å². The van der Waals surface area contributed by atoms with Gasteiger partial charge in [-0.2, -0.15) is 10.2 Å². The first kappa shape index (κ1) is 14.6. The molecule has 3 heterocycles. The molecule has 0 bridgehead atoms. The lowest BCUT2D eigenvalue weighted by atomic mass is 10.4. The van der Waals surface area contributed by atoms with E-state index in [2.05, 4.69) is 15.6 Å². The number of hydrazone groups is 1. The molecule has 0 atom stereocenters. The Kier molecular flexibility index (Phi) is 4.36. The number of nitrogens with zero attached hydrogens (tertiary/aromatic N) is 3. The second-order valence-corrected chi connectivity index (χ2v) is 6.06. The largest absolute Gasteiger partial charge is 0.454 e. The van der Waals surface area contributed by atoms with Gasteiger partial charge in [-0.1, -0.05) is 11.6 Å². The molecule has 0 saturated carbocycles. The van der Waals surface area contributed by atoms with E-state index in [0.717, 1.165) is 4.88 Å². The quantitative estimate of drug-likeness (QED) is 0.576. The molecule has 0 unspecified atom stereocenters. The smallest absolute Gasteiger partial charge is 0.307 e. The molecule has 0 aliphatic carbocycles. The third-order valence-electron chi connectivity index (χ3n) is 2.71. The van der Waals surface area contributed by atoms with Crippen LogP contribution < -0.4 is 5.43 Å². The minimum Gasteiger partial charge on any atom is -0.454 e. The SMILES string of the molecule is O=C(NN=Cc1ccc(Cl)s1)c1ccc(Cn2cccn2)o1. The number of halogens is 1. The van der Waals surface area contributed by atoms with E-state index in [-0.39, 0.29) is 5.76 Å². The standard InChI is InChI=1S/C14H11ClN4O2S/c15-13-5-3-11(22-13)8-16-18-14(20)12-4-2-10(21-12)9-19-7-1-6-17-19/h1-8H,9H2,(H,18,20). The summed E-state index contributed by atoms with van der Waals surface area (Å²) < 4.78 is 7.84. The van der Waals surface area contributed by atoms with Crippen molar-refractivity contribution in [2.75, 3.05) is 0 Å². The van der Waals surface area contributed by atoms with Crippen LogP contribution >= 0.6 is 22.9 Å². The lowest BCUT2D eigenvalue weighted by Gasteiger charge is -1.97. The van der Waals surface area contributed by atoms with Gasteiger partial charge in [0.15, 0.2) is 5.76 Å². The second kappa shape index (κ2) is 6.59. The number of aromatic nitrogens is 2. The molecule has 0 saturated heterocycles. The topological polar surface area (TPSA) is 72.4 Å². The van der Waals surface area contributed by atoms with E-state index in [4.69, 9.17) is 16.0 Å². The maximum Gasteiger partial charge on any atom is 0.307 e. The number of rotatable bonds is 5. The zero-order valence-electron chi connectivity index (χ0n) is 11.3. The summed E-state index contributed by atoms with van der Waals surface area (Å²) in [6, 6.07) is 8.74. The van der Waals surface area contributed by atoms with Crippen LogP contribution in [0.25, 0.3) is 0 Å². The van der Waals surface area contributed by atoms with Gasteiger partial charge in [-0.25, -0.2) is 5.43 Å². The Morgan fingerprint density at radius 2 is 2.36 bits per heavy atom. The molecule has 22 heavy (non-hydrogen) atoms. The summed E-state index contributed by atoms with van der Waals surface area (Å²) in [5.41, 5.74) is 2.41.